The van der Waals surface area contributed by atoms with Gasteiger partial charge in [0.15, 0.2) is 0 Å². The molecule has 1 heterocycles. The van der Waals surface area contributed by atoms with Crippen molar-refractivity contribution < 1.29 is 4.74 Å². The van der Waals surface area contributed by atoms with E-state index in [9.17, 15) is 0 Å². The number of benzene rings is 1. The summed E-state index contributed by atoms with van der Waals surface area (Å²) in [5.41, 5.74) is 3.86. The second kappa shape index (κ2) is 5.37. The highest BCUT2D eigenvalue weighted by atomic mass is 79.9. The van der Waals surface area contributed by atoms with Crippen LogP contribution < -0.4 is 4.74 Å². The van der Waals surface area contributed by atoms with E-state index in [0.29, 0.717) is 0 Å². The zero-order chi connectivity index (χ0) is 13.2. The fourth-order valence-corrected chi connectivity index (χ4v) is 3.13. The topological polar surface area (TPSA) is 27.1 Å². The summed E-state index contributed by atoms with van der Waals surface area (Å²) in [6.07, 6.45) is 6.78. The van der Waals surface area contributed by atoms with Crippen LogP contribution in [0, 0.1) is 0 Å². The van der Waals surface area contributed by atoms with Gasteiger partial charge in [-0.25, -0.2) is 4.98 Å². The molecule has 4 heteroatoms. The van der Waals surface area contributed by atoms with Crippen molar-refractivity contribution in [1.82, 2.24) is 9.55 Å². The molecule has 0 saturated heterocycles. The number of methoxy groups -OCH3 is 1. The fourth-order valence-electron chi connectivity index (χ4n) is 2.72. The lowest BCUT2D eigenvalue weighted by Crippen LogP contribution is -2.09. The molecule has 1 aromatic heterocycles. The zero-order valence-corrected chi connectivity index (χ0v) is 12.6. The summed E-state index contributed by atoms with van der Waals surface area (Å²) < 4.78 is 8.78. The van der Waals surface area contributed by atoms with Crippen molar-refractivity contribution in [3.63, 3.8) is 0 Å². The Kier molecular flexibility index (Phi) is 3.60. The molecule has 0 fully saturated rings. The van der Waals surface area contributed by atoms with Gasteiger partial charge < -0.3 is 9.30 Å². The molecule has 19 heavy (non-hydrogen) atoms. The molecule has 0 aliphatic heterocycles. The summed E-state index contributed by atoms with van der Waals surface area (Å²) in [4.78, 5) is 4.54. The molecule has 0 saturated carbocycles. The lowest BCUT2D eigenvalue weighted by Gasteiger charge is -2.15. The Bertz CT molecular complexity index is 592. The monoisotopic (exact) mass is 320 g/mol. The van der Waals surface area contributed by atoms with Gasteiger partial charge in [0, 0.05) is 15.7 Å². The standard InChI is InChI=1S/C15H17BrN2O/c1-19-15-7-6-12(16)8-11(15)9-18-10-17-13-4-2-3-5-14(13)18/h6-8,10H,2-5,9H2,1H3. The molecule has 100 valence electrons. The van der Waals surface area contributed by atoms with Gasteiger partial charge in [-0.1, -0.05) is 15.9 Å². The predicted octanol–water partition coefficient (Wildman–Crippen LogP) is 3.58. The molecular formula is C15H17BrN2O. The highest BCUT2D eigenvalue weighted by Gasteiger charge is 2.16. The van der Waals surface area contributed by atoms with Crippen molar-refractivity contribution in [1.29, 1.82) is 0 Å². The van der Waals surface area contributed by atoms with Crippen LogP contribution in [0.1, 0.15) is 29.8 Å². The van der Waals surface area contributed by atoms with Gasteiger partial charge in [0.1, 0.15) is 5.75 Å². The highest BCUT2D eigenvalue weighted by molar-refractivity contribution is 9.10. The molecule has 0 amide bonds. The summed E-state index contributed by atoms with van der Waals surface area (Å²) >= 11 is 3.52. The van der Waals surface area contributed by atoms with E-state index >= 15 is 0 Å². The van der Waals surface area contributed by atoms with Crippen molar-refractivity contribution >= 4 is 15.9 Å². The Morgan fingerprint density at radius 1 is 1.32 bits per heavy atom. The van der Waals surface area contributed by atoms with E-state index in [-0.39, 0.29) is 0 Å². The molecule has 0 N–H and O–H groups in total. The van der Waals surface area contributed by atoms with Crippen molar-refractivity contribution in [2.24, 2.45) is 0 Å². The van der Waals surface area contributed by atoms with E-state index < -0.39 is 0 Å². The molecule has 2 aromatic rings. The third-order valence-corrected chi connectivity index (χ3v) is 4.19. The van der Waals surface area contributed by atoms with Crippen LogP contribution in [0.5, 0.6) is 5.75 Å². The molecule has 0 atom stereocenters. The third kappa shape index (κ3) is 2.54. The summed E-state index contributed by atoms with van der Waals surface area (Å²) in [6, 6.07) is 6.13. The van der Waals surface area contributed by atoms with Crippen LogP contribution in [0.3, 0.4) is 0 Å². The minimum absolute atomic E-state index is 0.824. The number of aryl methyl sites for hydroxylation is 1. The van der Waals surface area contributed by atoms with Gasteiger partial charge in [0.25, 0.3) is 0 Å². The van der Waals surface area contributed by atoms with Gasteiger partial charge in [-0.15, -0.1) is 0 Å². The van der Waals surface area contributed by atoms with E-state index in [1.165, 1.54) is 29.8 Å². The van der Waals surface area contributed by atoms with Gasteiger partial charge in [0.05, 0.1) is 25.7 Å². The van der Waals surface area contributed by atoms with Crippen molar-refractivity contribution in [3.05, 3.63) is 46.0 Å². The number of imidazole rings is 1. The van der Waals surface area contributed by atoms with E-state index in [1.54, 1.807) is 7.11 Å². The van der Waals surface area contributed by atoms with Gasteiger partial charge in [0.2, 0.25) is 0 Å². The van der Waals surface area contributed by atoms with Crippen molar-refractivity contribution in [3.8, 4) is 5.75 Å². The number of aromatic nitrogens is 2. The smallest absolute Gasteiger partial charge is 0.123 e. The highest BCUT2D eigenvalue weighted by Crippen LogP contribution is 2.26. The molecule has 0 radical (unpaired) electrons. The van der Waals surface area contributed by atoms with Crippen LogP contribution in [0.25, 0.3) is 0 Å². The van der Waals surface area contributed by atoms with Crippen LogP contribution in [0.4, 0.5) is 0 Å². The van der Waals surface area contributed by atoms with E-state index in [1.807, 2.05) is 18.5 Å². The predicted molar refractivity (Wildman–Crippen MR) is 78.7 cm³/mol. The number of hydrogen-bond acceptors (Lipinski definition) is 2. The number of halogens is 1. The fraction of sp³-hybridized carbons (Fsp3) is 0.400. The molecule has 0 spiro atoms. The summed E-state index contributed by atoms with van der Waals surface area (Å²) in [5, 5.41) is 0. The number of nitrogens with zero attached hydrogens (tertiary/aromatic N) is 2. The number of hydrogen-bond donors (Lipinski definition) is 0. The molecule has 3 nitrogen and oxygen atoms in total. The first-order valence-electron chi connectivity index (χ1n) is 6.63. The Labute approximate surface area is 121 Å². The lowest BCUT2D eigenvalue weighted by molar-refractivity contribution is 0.408. The minimum atomic E-state index is 0.824. The molecule has 0 bridgehead atoms. The van der Waals surface area contributed by atoms with Crippen LogP contribution in [-0.4, -0.2) is 16.7 Å². The summed E-state index contributed by atoms with van der Waals surface area (Å²) in [6.45, 7) is 0.824. The quantitative estimate of drug-likeness (QED) is 0.864. The average Bonchev–Trinajstić information content (AvgIpc) is 2.83. The van der Waals surface area contributed by atoms with Crippen LogP contribution in [-0.2, 0) is 19.4 Å². The molecule has 1 aliphatic carbocycles. The second-order valence-electron chi connectivity index (χ2n) is 4.93. The number of ether oxygens (including phenoxy) is 1. The summed E-state index contributed by atoms with van der Waals surface area (Å²) in [5.74, 6) is 0.932. The maximum Gasteiger partial charge on any atom is 0.123 e. The van der Waals surface area contributed by atoms with Crippen LogP contribution in [0.15, 0.2) is 29.0 Å². The van der Waals surface area contributed by atoms with Crippen LogP contribution in [0.2, 0.25) is 0 Å². The number of fused-ring (bicyclic) bond motifs is 1. The molecule has 0 unspecified atom stereocenters. The van der Waals surface area contributed by atoms with Gasteiger partial charge in [-0.3, -0.25) is 0 Å². The van der Waals surface area contributed by atoms with Crippen molar-refractivity contribution in [2.75, 3.05) is 7.11 Å². The third-order valence-electron chi connectivity index (χ3n) is 3.69. The molecular weight excluding hydrogens is 304 g/mol. The molecule has 1 aliphatic rings. The Morgan fingerprint density at radius 3 is 3.00 bits per heavy atom. The van der Waals surface area contributed by atoms with E-state index in [4.69, 9.17) is 4.74 Å². The average molecular weight is 321 g/mol. The molecule has 3 rings (SSSR count). The maximum absolute atomic E-state index is 5.44. The van der Waals surface area contributed by atoms with Crippen LogP contribution >= 0.6 is 15.9 Å². The van der Waals surface area contributed by atoms with Gasteiger partial charge >= 0.3 is 0 Å². The maximum atomic E-state index is 5.44. The Balaban J connectivity index is 1.93. The zero-order valence-electron chi connectivity index (χ0n) is 11.0. The lowest BCUT2D eigenvalue weighted by atomic mass is 10.0. The largest absolute Gasteiger partial charge is 0.496 e. The first kappa shape index (κ1) is 12.7. The number of rotatable bonds is 3. The van der Waals surface area contributed by atoms with Gasteiger partial charge in [-0.05, 0) is 43.9 Å². The Hall–Kier alpha value is -1.29. The second-order valence-corrected chi connectivity index (χ2v) is 5.84. The van der Waals surface area contributed by atoms with E-state index in [2.05, 4.69) is 31.5 Å². The van der Waals surface area contributed by atoms with Gasteiger partial charge in [-0.2, -0.15) is 0 Å². The Morgan fingerprint density at radius 2 is 2.16 bits per heavy atom. The SMILES string of the molecule is COc1ccc(Br)cc1Cn1cnc2c1CCCC2. The van der Waals surface area contributed by atoms with E-state index in [0.717, 1.165) is 29.6 Å². The normalized spacial score (nSPS) is 14.2. The first-order valence-corrected chi connectivity index (χ1v) is 7.42. The first-order chi connectivity index (χ1) is 9.28. The summed E-state index contributed by atoms with van der Waals surface area (Å²) in [7, 11) is 1.72. The van der Waals surface area contributed by atoms with Crippen molar-refractivity contribution in [2.45, 2.75) is 32.2 Å². The molecule has 1 aromatic carbocycles. The minimum Gasteiger partial charge on any atom is -0.496 e.